The van der Waals surface area contributed by atoms with Crippen molar-refractivity contribution in [2.75, 3.05) is 19.6 Å². The summed E-state index contributed by atoms with van der Waals surface area (Å²) in [7, 11) is 0. The van der Waals surface area contributed by atoms with Crippen LogP contribution in [0.25, 0.3) is 0 Å². The summed E-state index contributed by atoms with van der Waals surface area (Å²) >= 11 is 0. The van der Waals surface area contributed by atoms with Crippen molar-refractivity contribution in [3.05, 3.63) is 11.8 Å². The maximum absolute atomic E-state index is 13.2. The molecule has 0 spiro atoms. The number of fused-ring (bicyclic) bond motifs is 5. The van der Waals surface area contributed by atoms with Crippen molar-refractivity contribution in [2.24, 2.45) is 34.5 Å². The summed E-state index contributed by atoms with van der Waals surface area (Å²) < 4.78 is 0. The van der Waals surface area contributed by atoms with E-state index in [1.54, 1.807) is 0 Å². The Hall–Kier alpha value is -1.32. The summed E-state index contributed by atoms with van der Waals surface area (Å²) in [6.45, 7) is 11.6. The van der Waals surface area contributed by atoms with Crippen LogP contribution in [0.1, 0.15) is 66.2 Å². The second-order valence-corrected chi connectivity index (χ2v) is 9.88. The van der Waals surface area contributed by atoms with E-state index in [2.05, 4.69) is 33.0 Å². The Balaban J connectivity index is 1.60. The highest BCUT2D eigenvalue weighted by Gasteiger charge is 2.60. The van der Waals surface area contributed by atoms with Gasteiger partial charge in [0.1, 0.15) is 0 Å². The van der Waals surface area contributed by atoms with E-state index >= 15 is 0 Å². The zero-order valence-electron chi connectivity index (χ0n) is 17.5. The first kappa shape index (κ1) is 19.0. The SMILES string of the molecule is CCN(CC)C(=O)[C@H]1CC[C@H]2[C@@H]3CNC4=CC(=O)CC[C@]4(C)[C@H]3CC[C@]12C. The highest BCUT2D eigenvalue weighted by molar-refractivity contribution is 5.91. The largest absolute Gasteiger partial charge is 0.387 e. The number of hydrogen-bond donors (Lipinski definition) is 1. The van der Waals surface area contributed by atoms with Gasteiger partial charge in [-0.2, -0.15) is 0 Å². The molecule has 1 heterocycles. The van der Waals surface area contributed by atoms with Gasteiger partial charge in [0, 0.05) is 49.2 Å². The molecule has 4 rings (SSSR count). The van der Waals surface area contributed by atoms with Crippen molar-refractivity contribution in [2.45, 2.75) is 66.2 Å². The molecule has 1 N–H and O–H groups in total. The van der Waals surface area contributed by atoms with Gasteiger partial charge in [0.25, 0.3) is 0 Å². The van der Waals surface area contributed by atoms with E-state index in [0.29, 0.717) is 30.1 Å². The lowest BCUT2D eigenvalue weighted by atomic mass is 9.50. The number of nitrogens with one attached hydrogen (secondary N) is 1. The molecule has 0 aromatic heterocycles. The van der Waals surface area contributed by atoms with Gasteiger partial charge in [0.2, 0.25) is 5.91 Å². The summed E-state index contributed by atoms with van der Waals surface area (Å²) in [6, 6.07) is 0. The van der Waals surface area contributed by atoms with Crippen LogP contribution in [0.15, 0.2) is 11.8 Å². The first-order valence-electron chi connectivity index (χ1n) is 11.1. The molecule has 0 radical (unpaired) electrons. The molecule has 4 heteroatoms. The highest BCUT2D eigenvalue weighted by Crippen LogP contribution is 2.64. The molecule has 3 aliphatic carbocycles. The van der Waals surface area contributed by atoms with E-state index in [1.165, 1.54) is 18.5 Å². The van der Waals surface area contributed by atoms with Gasteiger partial charge in [-0.15, -0.1) is 0 Å². The number of ketones is 1. The summed E-state index contributed by atoms with van der Waals surface area (Å²) in [4.78, 5) is 27.2. The Kier molecular flexibility index (Phi) is 4.67. The zero-order valence-corrected chi connectivity index (χ0v) is 17.5. The van der Waals surface area contributed by atoms with Crippen LogP contribution in [-0.4, -0.2) is 36.2 Å². The van der Waals surface area contributed by atoms with Gasteiger partial charge in [0.15, 0.2) is 5.78 Å². The number of carbonyl (C=O) groups is 2. The van der Waals surface area contributed by atoms with Gasteiger partial charge in [-0.3, -0.25) is 9.59 Å². The third-order valence-electron chi connectivity index (χ3n) is 8.97. The van der Waals surface area contributed by atoms with Crippen LogP contribution in [0.4, 0.5) is 0 Å². The Labute approximate surface area is 164 Å². The van der Waals surface area contributed by atoms with Crippen LogP contribution in [0, 0.1) is 34.5 Å². The van der Waals surface area contributed by atoms with Crippen LogP contribution in [0.5, 0.6) is 0 Å². The standard InChI is InChI=1S/C23H36N2O2/c1-5-25(6-2)21(27)19-8-7-17-16-14-24-20-13-15(26)9-11-23(20,4)18(16)10-12-22(17,19)3/h13,16-19,24H,5-12,14H2,1-4H3/t16-,17-,18-,19+,22-,23+/m0/s1. The predicted molar refractivity (Wildman–Crippen MR) is 107 cm³/mol. The maximum atomic E-state index is 13.2. The summed E-state index contributed by atoms with van der Waals surface area (Å²) in [5.74, 6) is 2.78. The monoisotopic (exact) mass is 372 g/mol. The molecule has 0 unspecified atom stereocenters. The van der Waals surface area contributed by atoms with Crippen LogP contribution in [0.2, 0.25) is 0 Å². The van der Waals surface area contributed by atoms with Crippen molar-refractivity contribution in [1.29, 1.82) is 0 Å². The predicted octanol–water partition coefficient (Wildman–Crippen LogP) is 3.77. The van der Waals surface area contributed by atoms with Gasteiger partial charge in [-0.1, -0.05) is 13.8 Å². The van der Waals surface area contributed by atoms with Gasteiger partial charge in [0.05, 0.1) is 0 Å². The lowest BCUT2D eigenvalue weighted by Gasteiger charge is -2.58. The molecule has 1 saturated heterocycles. The Morgan fingerprint density at radius 2 is 1.89 bits per heavy atom. The summed E-state index contributed by atoms with van der Waals surface area (Å²) in [6.07, 6.45) is 8.15. The third kappa shape index (κ3) is 2.69. The molecule has 0 aromatic carbocycles. The van der Waals surface area contributed by atoms with Crippen molar-refractivity contribution >= 4 is 11.7 Å². The molecule has 6 atom stereocenters. The number of carbonyl (C=O) groups excluding carboxylic acids is 2. The molecule has 3 fully saturated rings. The van der Waals surface area contributed by atoms with E-state index in [-0.39, 0.29) is 22.5 Å². The first-order chi connectivity index (χ1) is 12.8. The van der Waals surface area contributed by atoms with Gasteiger partial charge in [-0.25, -0.2) is 0 Å². The molecule has 0 bridgehead atoms. The van der Waals surface area contributed by atoms with Gasteiger partial charge in [-0.05, 0) is 69.1 Å². The van der Waals surface area contributed by atoms with E-state index < -0.39 is 0 Å². The molecule has 4 aliphatic rings. The second kappa shape index (κ2) is 6.63. The average molecular weight is 373 g/mol. The minimum atomic E-state index is 0.124. The Bertz CT molecular complexity index is 667. The number of piperidine rings is 1. The van der Waals surface area contributed by atoms with Crippen molar-refractivity contribution in [1.82, 2.24) is 10.2 Å². The van der Waals surface area contributed by atoms with E-state index in [0.717, 1.165) is 38.9 Å². The molecular weight excluding hydrogens is 336 g/mol. The van der Waals surface area contributed by atoms with E-state index in [9.17, 15) is 9.59 Å². The van der Waals surface area contributed by atoms with Crippen LogP contribution in [-0.2, 0) is 9.59 Å². The van der Waals surface area contributed by atoms with Gasteiger partial charge < -0.3 is 10.2 Å². The Morgan fingerprint density at radius 3 is 2.59 bits per heavy atom. The number of rotatable bonds is 3. The van der Waals surface area contributed by atoms with E-state index in [4.69, 9.17) is 0 Å². The number of allylic oxidation sites excluding steroid dienone is 2. The molecule has 150 valence electrons. The maximum Gasteiger partial charge on any atom is 0.226 e. The average Bonchev–Trinajstić information content (AvgIpc) is 3.00. The topological polar surface area (TPSA) is 49.4 Å². The molecular formula is C23H36N2O2. The Morgan fingerprint density at radius 1 is 1.15 bits per heavy atom. The molecule has 2 saturated carbocycles. The number of amides is 1. The zero-order chi connectivity index (χ0) is 19.4. The van der Waals surface area contributed by atoms with E-state index in [1.807, 2.05) is 11.0 Å². The third-order valence-corrected chi connectivity index (χ3v) is 8.97. The molecule has 1 amide bonds. The normalized spacial score (nSPS) is 43.1. The van der Waals surface area contributed by atoms with Crippen molar-refractivity contribution < 1.29 is 9.59 Å². The molecule has 1 aliphatic heterocycles. The lowest BCUT2D eigenvalue weighted by Crippen LogP contribution is -2.57. The number of hydrogen-bond acceptors (Lipinski definition) is 3. The van der Waals surface area contributed by atoms with Crippen LogP contribution < -0.4 is 5.32 Å². The molecule has 0 aromatic rings. The quantitative estimate of drug-likeness (QED) is 0.820. The van der Waals surface area contributed by atoms with Crippen LogP contribution >= 0.6 is 0 Å². The lowest BCUT2D eigenvalue weighted by molar-refractivity contribution is -0.142. The fraction of sp³-hybridized carbons (Fsp3) is 0.826. The number of nitrogens with zero attached hydrogens (tertiary/aromatic N) is 1. The minimum Gasteiger partial charge on any atom is -0.387 e. The van der Waals surface area contributed by atoms with Crippen LogP contribution in [0.3, 0.4) is 0 Å². The summed E-state index contributed by atoms with van der Waals surface area (Å²) in [5.41, 5.74) is 1.46. The second-order valence-electron chi connectivity index (χ2n) is 9.88. The molecule has 4 nitrogen and oxygen atoms in total. The van der Waals surface area contributed by atoms with Crippen molar-refractivity contribution in [3.63, 3.8) is 0 Å². The fourth-order valence-corrected chi connectivity index (χ4v) is 7.31. The summed E-state index contributed by atoms with van der Waals surface area (Å²) in [5, 5.41) is 3.66. The first-order valence-corrected chi connectivity index (χ1v) is 11.1. The fourth-order valence-electron chi connectivity index (χ4n) is 7.31. The van der Waals surface area contributed by atoms with Gasteiger partial charge >= 0.3 is 0 Å². The smallest absolute Gasteiger partial charge is 0.226 e. The highest BCUT2D eigenvalue weighted by atomic mass is 16.2. The molecule has 27 heavy (non-hydrogen) atoms. The minimum absolute atomic E-state index is 0.124. The van der Waals surface area contributed by atoms with Crippen molar-refractivity contribution in [3.8, 4) is 0 Å².